The summed E-state index contributed by atoms with van der Waals surface area (Å²) in [5, 5.41) is 0. The Labute approximate surface area is 198 Å². The largest absolute Gasteiger partial charge is 0.496 e. The van der Waals surface area contributed by atoms with Crippen LogP contribution in [-0.2, 0) is 18.9 Å². The second kappa shape index (κ2) is 14.8. The van der Waals surface area contributed by atoms with Gasteiger partial charge in [-0.1, -0.05) is 0 Å². The molecule has 0 atom stereocenters. The van der Waals surface area contributed by atoms with E-state index in [1.807, 2.05) is 0 Å². The van der Waals surface area contributed by atoms with Gasteiger partial charge in [0.05, 0.1) is 7.11 Å². The molecule has 0 aliphatic heterocycles. The van der Waals surface area contributed by atoms with Crippen molar-refractivity contribution in [2.24, 2.45) is 0 Å². The van der Waals surface area contributed by atoms with Crippen molar-refractivity contribution in [3.05, 3.63) is 47.5 Å². The highest BCUT2D eigenvalue weighted by atomic mass is 16.7. The van der Waals surface area contributed by atoms with Crippen LogP contribution in [0.1, 0.15) is 15.9 Å². The van der Waals surface area contributed by atoms with Crippen molar-refractivity contribution >= 4 is 11.9 Å². The lowest BCUT2D eigenvalue weighted by Gasteiger charge is -2.17. The molecule has 2 rings (SSSR count). The van der Waals surface area contributed by atoms with E-state index in [1.165, 1.54) is 53.8 Å². The van der Waals surface area contributed by atoms with Gasteiger partial charge in [0.15, 0.2) is 44.5 Å². The number of ketones is 1. The molecule has 186 valence electrons. The molecule has 2 aromatic carbocycles. The van der Waals surface area contributed by atoms with Gasteiger partial charge >= 0.3 is 0 Å². The first-order valence-corrected chi connectivity index (χ1v) is 10.1. The lowest BCUT2D eigenvalue weighted by molar-refractivity contribution is 0.0217. The molecule has 34 heavy (non-hydrogen) atoms. The number of hydrogen-bond donors (Lipinski definition) is 0. The van der Waals surface area contributed by atoms with E-state index < -0.39 is 0 Å². The Bertz CT molecular complexity index is 912. The van der Waals surface area contributed by atoms with Crippen LogP contribution in [0.15, 0.2) is 36.4 Å². The van der Waals surface area contributed by atoms with Crippen molar-refractivity contribution in [1.82, 2.24) is 0 Å². The van der Waals surface area contributed by atoms with Crippen LogP contribution in [0.3, 0.4) is 0 Å². The number of rotatable bonds is 16. The average Bonchev–Trinajstić information content (AvgIpc) is 2.86. The van der Waals surface area contributed by atoms with Gasteiger partial charge in [0.1, 0.15) is 11.5 Å². The van der Waals surface area contributed by atoms with Gasteiger partial charge in [0.2, 0.25) is 5.75 Å². The second-order valence-electron chi connectivity index (χ2n) is 6.61. The van der Waals surface area contributed by atoms with E-state index in [-0.39, 0.29) is 50.2 Å². The van der Waals surface area contributed by atoms with E-state index in [2.05, 4.69) is 0 Å². The Morgan fingerprint density at radius 1 is 0.706 bits per heavy atom. The fourth-order valence-electron chi connectivity index (χ4n) is 2.75. The molecule has 10 heteroatoms. The zero-order valence-electron chi connectivity index (χ0n) is 20.0. The lowest BCUT2D eigenvalue weighted by Crippen LogP contribution is -2.09. The fourth-order valence-corrected chi connectivity index (χ4v) is 2.75. The SMILES string of the molecule is COCOc1ccc(/C=C/C(=O)c2cc(OCOC)c(OCOC)c(OCOC)c2)c(OC)c1. The summed E-state index contributed by atoms with van der Waals surface area (Å²) >= 11 is 0. The third-order valence-corrected chi connectivity index (χ3v) is 4.25. The molecule has 0 amide bonds. The smallest absolute Gasteiger partial charge is 0.206 e. The highest BCUT2D eigenvalue weighted by Gasteiger charge is 2.18. The lowest BCUT2D eigenvalue weighted by atomic mass is 10.1. The second-order valence-corrected chi connectivity index (χ2v) is 6.61. The molecule has 0 bridgehead atoms. The Morgan fingerprint density at radius 2 is 1.26 bits per heavy atom. The van der Waals surface area contributed by atoms with Crippen molar-refractivity contribution in [1.29, 1.82) is 0 Å². The number of methoxy groups -OCH3 is 5. The minimum atomic E-state index is -0.301. The number of hydrogen-bond acceptors (Lipinski definition) is 10. The van der Waals surface area contributed by atoms with Gasteiger partial charge in [-0.15, -0.1) is 0 Å². The van der Waals surface area contributed by atoms with Crippen LogP contribution in [0.25, 0.3) is 6.08 Å². The highest BCUT2D eigenvalue weighted by Crippen LogP contribution is 2.39. The Hall–Kier alpha value is -3.31. The van der Waals surface area contributed by atoms with Crippen LogP contribution in [0.5, 0.6) is 28.7 Å². The number of carbonyl (C=O) groups excluding carboxylic acids is 1. The summed E-state index contributed by atoms with van der Waals surface area (Å²) in [6.45, 7) is -0.0594. The van der Waals surface area contributed by atoms with E-state index in [0.717, 1.165) is 0 Å². The topological polar surface area (TPSA) is 100 Å². The maximum Gasteiger partial charge on any atom is 0.206 e. The van der Waals surface area contributed by atoms with E-state index in [4.69, 9.17) is 42.6 Å². The minimum Gasteiger partial charge on any atom is -0.496 e. The van der Waals surface area contributed by atoms with Gasteiger partial charge in [-0.05, 0) is 36.4 Å². The molecule has 0 saturated heterocycles. The Balaban J connectivity index is 2.35. The van der Waals surface area contributed by atoms with Crippen molar-refractivity contribution in [2.75, 3.05) is 62.7 Å². The van der Waals surface area contributed by atoms with Gasteiger partial charge in [-0.25, -0.2) is 0 Å². The van der Waals surface area contributed by atoms with Crippen molar-refractivity contribution < 1.29 is 47.4 Å². The fraction of sp³-hybridized carbons (Fsp3) is 0.375. The molecule has 0 radical (unpaired) electrons. The zero-order chi connectivity index (χ0) is 24.8. The summed E-state index contributed by atoms with van der Waals surface area (Å²) < 4.78 is 47.5. The molecule has 2 aromatic rings. The third kappa shape index (κ3) is 7.92. The van der Waals surface area contributed by atoms with Gasteiger partial charge in [-0.3, -0.25) is 4.79 Å². The molecule has 0 unspecified atom stereocenters. The number of benzene rings is 2. The normalized spacial score (nSPS) is 10.9. The van der Waals surface area contributed by atoms with Crippen molar-refractivity contribution in [2.45, 2.75) is 0 Å². The summed E-state index contributed by atoms with van der Waals surface area (Å²) in [5.74, 6) is 1.57. The zero-order valence-corrected chi connectivity index (χ0v) is 20.0. The molecule has 0 aliphatic carbocycles. The Morgan fingerprint density at radius 3 is 1.82 bits per heavy atom. The molecule has 0 heterocycles. The van der Waals surface area contributed by atoms with Gasteiger partial charge in [0.25, 0.3) is 0 Å². The van der Waals surface area contributed by atoms with E-state index in [0.29, 0.717) is 22.6 Å². The standard InChI is InChI=1S/C24H30O10/c1-26-13-31-19-8-6-17(21(12-19)30-5)7-9-20(25)18-10-22(32-14-27-2)24(34-16-29-4)23(11-18)33-15-28-3/h6-12H,13-16H2,1-5H3/b9-7+. The highest BCUT2D eigenvalue weighted by molar-refractivity contribution is 6.07. The molecule has 0 spiro atoms. The van der Waals surface area contributed by atoms with Crippen LogP contribution in [0.2, 0.25) is 0 Å². The van der Waals surface area contributed by atoms with Crippen LogP contribution in [-0.4, -0.2) is 68.5 Å². The van der Waals surface area contributed by atoms with Gasteiger partial charge < -0.3 is 42.6 Å². The number of ether oxygens (including phenoxy) is 9. The van der Waals surface area contributed by atoms with Crippen LogP contribution >= 0.6 is 0 Å². The molecule has 10 nitrogen and oxygen atoms in total. The van der Waals surface area contributed by atoms with E-state index in [9.17, 15) is 4.79 Å². The molecule has 0 N–H and O–H groups in total. The minimum absolute atomic E-state index is 0.0518. The third-order valence-electron chi connectivity index (χ3n) is 4.25. The van der Waals surface area contributed by atoms with Crippen LogP contribution < -0.4 is 23.7 Å². The Kier molecular flexibility index (Phi) is 11.7. The number of allylic oxidation sites excluding steroid dienone is 1. The summed E-state index contributed by atoms with van der Waals surface area (Å²) in [6, 6.07) is 8.31. The molecule has 0 fully saturated rings. The molecule has 0 aliphatic rings. The molecular weight excluding hydrogens is 448 g/mol. The summed E-state index contributed by atoms with van der Waals surface area (Å²) in [6.07, 6.45) is 3.06. The summed E-state index contributed by atoms with van der Waals surface area (Å²) in [4.78, 5) is 13.0. The van der Waals surface area contributed by atoms with E-state index >= 15 is 0 Å². The molecular formula is C24H30O10. The van der Waals surface area contributed by atoms with Gasteiger partial charge in [-0.2, -0.15) is 0 Å². The first-order valence-electron chi connectivity index (χ1n) is 10.1. The first-order chi connectivity index (χ1) is 16.6. The quantitative estimate of drug-likeness (QED) is 0.202. The van der Waals surface area contributed by atoms with Gasteiger partial charge in [0, 0.05) is 45.6 Å². The maximum atomic E-state index is 13.0. The predicted octanol–water partition coefficient (Wildman–Crippen LogP) is 3.52. The van der Waals surface area contributed by atoms with E-state index in [1.54, 1.807) is 24.3 Å². The monoisotopic (exact) mass is 478 g/mol. The van der Waals surface area contributed by atoms with Crippen molar-refractivity contribution in [3.63, 3.8) is 0 Å². The number of carbonyl (C=O) groups is 1. The van der Waals surface area contributed by atoms with Crippen LogP contribution in [0, 0.1) is 0 Å². The summed E-state index contributed by atoms with van der Waals surface area (Å²) in [5.41, 5.74) is 0.990. The average molecular weight is 478 g/mol. The first kappa shape index (κ1) is 26.9. The maximum absolute atomic E-state index is 13.0. The molecule has 0 aromatic heterocycles. The molecule has 0 saturated carbocycles. The van der Waals surface area contributed by atoms with Crippen LogP contribution in [0.4, 0.5) is 0 Å². The summed E-state index contributed by atoms with van der Waals surface area (Å²) in [7, 11) is 7.52. The predicted molar refractivity (Wildman–Crippen MR) is 123 cm³/mol. The van der Waals surface area contributed by atoms with Crippen molar-refractivity contribution in [3.8, 4) is 28.7 Å².